The van der Waals surface area contributed by atoms with Crippen LogP contribution >= 0.6 is 11.3 Å². The predicted octanol–water partition coefficient (Wildman–Crippen LogP) is 3.40. The van der Waals surface area contributed by atoms with Crippen LogP contribution in [0.4, 0.5) is 0 Å². The van der Waals surface area contributed by atoms with Crippen LogP contribution in [0.25, 0.3) is 10.2 Å². The van der Waals surface area contributed by atoms with E-state index >= 15 is 0 Å². The van der Waals surface area contributed by atoms with Gasteiger partial charge >= 0.3 is 0 Å². The Kier molecular flexibility index (Phi) is 3.05. The molecule has 0 aliphatic heterocycles. The Balaban J connectivity index is 1.47. The van der Waals surface area contributed by atoms with Gasteiger partial charge in [0.1, 0.15) is 5.01 Å². The fourth-order valence-corrected chi connectivity index (χ4v) is 3.36. The van der Waals surface area contributed by atoms with Gasteiger partial charge in [-0.3, -0.25) is 0 Å². The molecule has 1 aliphatic carbocycles. The average molecular weight is 283 g/mol. The second kappa shape index (κ2) is 5.04. The maximum absolute atomic E-state index is 4.68. The molecule has 2 aromatic heterocycles. The molecule has 0 unspecified atom stereocenters. The summed E-state index contributed by atoms with van der Waals surface area (Å²) in [7, 11) is 0. The summed E-state index contributed by atoms with van der Waals surface area (Å²) in [6.07, 6.45) is 7.05. The molecule has 4 heteroatoms. The van der Waals surface area contributed by atoms with Crippen molar-refractivity contribution in [3.05, 3.63) is 53.3 Å². The van der Waals surface area contributed by atoms with E-state index in [9.17, 15) is 0 Å². The van der Waals surface area contributed by atoms with E-state index < -0.39 is 0 Å². The lowest BCUT2D eigenvalue weighted by molar-refractivity contribution is 0.684. The Bertz CT molecular complexity index is 691. The second-order valence-corrected chi connectivity index (χ2v) is 6.54. The van der Waals surface area contributed by atoms with Gasteiger partial charge in [-0.1, -0.05) is 12.1 Å². The van der Waals surface area contributed by atoms with Crippen molar-refractivity contribution < 1.29 is 0 Å². The largest absolute Gasteiger partial charge is 0.347 e. The molecule has 1 N–H and O–H groups in total. The summed E-state index contributed by atoms with van der Waals surface area (Å²) in [6.45, 7) is 1.85. The number of benzene rings is 1. The summed E-state index contributed by atoms with van der Waals surface area (Å²) in [5, 5.41) is 4.72. The molecule has 0 saturated heterocycles. The number of rotatable bonds is 5. The lowest BCUT2D eigenvalue weighted by Crippen LogP contribution is -2.14. The van der Waals surface area contributed by atoms with E-state index in [2.05, 4.69) is 51.5 Å². The molecule has 3 aromatic rings. The molecule has 102 valence electrons. The highest BCUT2D eigenvalue weighted by atomic mass is 32.1. The molecular formula is C16H17N3S. The zero-order chi connectivity index (χ0) is 13.4. The molecule has 20 heavy (non-hydrogen) atoms. The van der Waals surface area contributed by atoms with Crippen molar-refractivity contribution >= 4 is 21.6 Å². The Hall–Kier alpha value is -1.65. The third-order valence-corrected chi connectivity index (χ3v) is 4.66. The second-order valence-electron chi connectivity index (χ2n) is 5.42. The summed E-state index contributed by atoms with van der Waals surface area (Å²) < 4.78 is 3.49. The molecule has 0 amide bonds. The molecule has 0 radical (unpaired) electrons. The van der Waals surface area contributed by atoms with Gasteiger partial charge in [0.05, 0.1) is 16.8 Å². The molecule has 1 aromatic carbocycles. The maximum atomic E-state index is 4.68. The minimum Gasteiger partial charge on any atom is -0.347 e. The minimum atomic E-state index is 0.766. The zero-order valence-electron chi connectivity index (χ0n) is 11.2. The van der Waals surface area contributed by atoms with Crippen LogP contribution in [0.15, 0.2) is 42.7 Å². The first-order valence-electron chi connectivity index (χ1n) is 7.09. The molecule has 3 nitrogen and oxygen atoms in total. The van der Waals surface area contributed by atoms with E-state index in [0.717, 1.165) is 24.6 Å². The van der Waals surface area contributed by atoms with Crippen LogP contribution in [0.2, 0.25) is 0 Å². The predicted molar refractivity (Wildman–Crippen MR) is 83.0 cm³/mol. The van der Waals surface area contributed by atoms with Crippen molar-refractivity contribution in [3.8, 4) is 0 Å². The van der Waals surface area contributed by atoms with Gasteiger partial charge in [0.25, 0.3) is 0 Å². The molecular weight excluding hydrogens is 266 g/mol. The number of nitrogens with zero attached hydrogens (tertiary/aromatic N) is 2. The van der Waals surface area contributed by atoms with Crippen LogP contribution in [-0.4, -0.2) is 15.6 Å². The van der Waals surface area contributed by atoms with Crippen molar-refractivity contribution in [2.75, 3.05) is 0 Å². The lowest BCUT2D eigenvalue weighted by Gasteiger charge is -2.00. The maximum Gasteiger partial charge on any atom is 0.114 e. The lowest BCUT2D eigenvalue weighted by atomic mass is 10.3. The average Bonchev–Trinajstić information content (AvgIpc) is 3.04. The smallest absolute Gasteiger partial charge is 0.114 e. The number of para-hydroxylation sites is 1. The van der Waals surface area contributed by atoms with E-state index in [1.54, 1.807) is 11.3 Å². The van der Waals surface area contributed by atoms with Gasteiger partial charge in [0, 0.05) is 25.0 Å². The van der Waals surface area contributed by atoms with Crippen LogP contribution in [-0.2, 0) is 13.1 Å². The van der Waals surface area contributed by atoms with Crippen molar-refractivity contribution in [3.63, 3.8) is 0 Å². The molecule has 1 aliphatic rings. The normalized spacial score (nSPS) is 15.0. The van der Waals surface area contributed by atoms with E-state index in [1.165, 1.54) is 28.1 Å². The topological polar surface area (TPSA) is 29.9 Å². The van der Waals surface area contributed by atoms with Gasteiger partial charge < -0.3 is 9.88 Å². The van der Waals surface area contributed by atoms with Gasteiger partial charge in [-0.05, 0) is 36.6 Å². The van der Waals surface area contributed by atoms with Gasteiger partial charge in [0.2, 0.25) is 0 Å². The Labute approximate surface area is 122 Å². The first kappa shape index (κ1) is 12.1. The summed E-state index contributed by atoms with van der Waals surface area (Å²) in [5.74, 6) is 0. The summed E-state index contributed by atoms with van der Waals surface area (Å²) in [6, 6.07) is 11.3. The monoisotopic (exact) mass is 283 g/mol. The van der Waals surface area contributed by atoms with Gasteiger partial charge in [-0.15, -0.1) is 11.3 Å². The molecule has 0 bridgehead atoms. The van der Waals surface area contributed by atoms with Gasteiger partial charge in [-0.2, -0.15) is 0 Å². The molecule has 2 heterocycles. The molecule has 0 atom stereocenters. The SMILES string of the molecule is c1ccc2sc(Cn3ccc(CNC4CC4)c3)nc2c1. The van der Waals surface area contributed by atoms with E-state index in [1.807, 2.05) is 6.07 Å². The third-order valence-electron chi connectivity index (χ3n) is 3.64. The van der Waals surface area contributed by atoms with Crippen molar-refractivity contribution in [1.29, 1.82) is 0 Å². The molecule has 1 saturated carbocycles. The molecule has 0 spiro atoms. The standard InChI is InChI=1S/C16H17N3S/c1-2-4-15-14(3-1)18-16(20-15)11-19-8-7-12(10-19)9-17-13-5-6-13/h1-4,7-8,10,13,17H,5-6,9,11H2. The van der Waals surface area contributed by atoms with Crippen LogP contribution in [0, 0.1) is 0 Å². The summed E-state index contributed by atoms with van der Waals surface area (Å²) in [4.78, 5) is 4.68. The number of nitrogens with one attached hydrogen (secondary N) is 1. The first-order chi connectivity index (χ1) is 9.87. The highest BCUT2D eigenvalue weighted by molar-refractivity contribution is 7.18. The van der Waals surface area contributed by atoms with Gasteiger partial charge in [-0.25, -0.2) is 4.98 Å². The Morgan fingerprint density at radius 1 is 1.25 bits per heavy atom. The van der Waals surface area contributed by atoms with Crippen LogP contribution in [0.1, 0.15) is 23.4 Å². The molecule has 1 fully saturated rings. The quantitative estimate of drug-likeness (QED) is 0.778. The number of thiazole rings is 1. The zero-order valence-corrected chi connectivity index (χ0v) is 12.1. The number of hydrogen-bond acceptors (Lipinski definition) is 3. The fraction of sp³-hybridized carbons (Fsp3) is 0.312. The van der Waals surface area contributed by atoms with Crippen LogP contribution in [0.5, 0.6) is 0 Å². The van der Waals surface area contributed by atoms with Gasteiger partial charge in [0.15, 0.2) is 0 Å². The Morgan fingerprint density at radius 2 is 2.15 bits per heavy atom. The first-order valence-corrected chi connectivity index (χ1v) is 7.91. The Morgan fingerprint density at radius 3 is 3.00 bits per heavy atom. The summed E-state index contributed by atoms with van der Waals surface area (Å²) in [5.41, 5.74) is 2.47. The van der Waals surface area contributed by atoms with E-state index in [4.69, 9.17) is 0 Å². The van der Waals surface area contributed by atoms with E-state index in [-0.39, 0.29) is 0 Å². The number of fused-ring (bicyclic) bond motifs is 1. The van der Waals surface area contributed by atoms with Crippen molar-refractivity contribution in [2.45, 2.75) is 32.0 Å². The minimum absolute atomic E-state index is 0.766. The van der Waals surface area contributed by atoms with Crippen LogP contribution < -0.4 is 5.32 Å². The fourth-order valence-electron chi connectivity index (χ4n) is 2.39. The highest BCUT2D eigenvalue weighted by Crippen LogP contribution is 2.22. The number of aromatic nitrogens is 2. The summed E-state index contributed by atoms with van der Waals surface area (Å²) >= 11 is 1.78. The third kappa shape index (κ3) is 2.62. The number of hydrogen-bond donors (Lipinski definition) is 1. The van der Waals surface area contributed by atoms with Crippen molar-refractivity contribution in [2.24, 2.45) is 0 Å². The van der Waals surface area contributed by atoms with Crippen LogP contribution in [0.3, 0.4) is 0 Å². The molecule has 4 rings (SSSR count). The van der Waals surface area contributed by atoms with Crippen molar-refractivity contribution in [1.82, 2.24) is 14.9 Å². The highest BCUT2D eigenvalue weighted by Gasteiger charge is 2.19. The van der Waals surface area contributed by atoms with E-state index in [0.29, 0.717) is 0 Å².